The van der Waals surface area contributed by atoms with E-state index in [2.05, 4.69) is 5.32 Å². The van der Waals surface area contributed by atoms with Crippen LogP contribution in [0, 0.1) is 0 Å². The summed E-state index contributed by atoms with van der Waals surface area (Å²) < 4.78 is 11.0. The second kappa shape index (κ2) is 12.0. The van der Waals surface area contributed by atoms with E-state index in [-0.39, 0.29) is 25.1 Å². The first-order chi connectivity index (χ1) is 12.8. The monoisotopic (exact) mass is 412 g/mol. The quantitative estimate of drug-likeness (QED) is 0.193. The number of hydrogen-bond acceptors (Lipinski definition) is 7. The Kier molecular flexibility index (Phi) is 10.8. The molecule has 160 valence electrons. The molecular weight excluding hydrogens is 380 g/mol. The van der Waals surface area contributed by atoms with Gasteiger partial charge in [-0.2, -0.15) is 0 Å². The topological polar surface area (TPSA) is 132 Å². The number of halogens is 1. The fraction of sp³-hybridized carbons (Fsp3) is 0.941. The first kappa shape index (κ1) is 24.4. The zero-order chi connectivity index (χ0) is 20.6. The fourth-order valence-corrected chi connectivity index (χ4v) is 2.88. The van der Waals surface area contributed by atoms with E-state index < -0.39 is 43.0 Å². The number of aliphatic hydroxyl groups is 4. The van der Waals surface area contributed by atoms with Crippen molar-refractivity contribution >= 4 is 17.6 Å². The standard InChI is InChI=1S/C17H33ClN2O7/c1-4-6-9-26-16-13(23)11(21)12(22)14(27-16)15(24)20(10(3)5-2)17(25)19-8-7-18/h10-16,21-24H,4-9H2,1-3H3,(H,19,25)/t10?,11-,12-,13+,14-,15?,16-/m0/s1. The summed E-state index contributed by atoms with van der Waals surface area (Å²) in [7, 11) is 0. The summed E-state index contributed by atoms with van der Waals surface area (Å²) in [4.78, 5) is 13.6. The highest BCUT2D eigenvalue weighted by molar-refractivity contribution is 6.18. The van der Waals surface area contributed by atoms with Crippen LogP contribution in [0.3, 0.4) is 0 Å². The number of rotatable bonds is 10. The number of ether oxygens (including phenoxy) is 2. The Morgan fingerprint density at radius 2 is 1.93 bits per heavy atom. The number of aliphatic hydroxyl groups excluding tert-OH is 4. The van der Waals surface area contributed by atoms with Crippen molar-refractivity contribution in [2.24, 2.45) is 0 Å². The molecule has 9 nitrogen and oxygen atoms in total. The summed E-state index contributed by atoms with van der Waals surface area (Å²) in [6.07, 6.45) is -6.68. The van der Waals surface area contributed by atoms with E-state index in [0.717, 1.165) is 17.7 Å². The van der Waals surface area contributed by atoms with Crippen molar-refractivity contribution in [1.82, 2.24) is 10.2 Å². The van der Waals surface area contributed by atoms with Crippen molar-refractivity contribution in [3.05, 3.63) is 0 Å². The number of nitrogens with one attached hydrogen (secondary N) is 1. The third kappa shape index (κ3) is 6.42. The predicted molar refractivity (Wildman–Crippen MR) is 99.3 cm³/mol. The maximum absolute atomic E-state index is 12.4. The SMILES string of the molecule is CCCCO[C@H]1O[C@H](C(O)N(C(=O)NCCCl)C(C)CC)[C@@H](O)[C@H](O)[C@H]1O. The van der Waals surface area contributed by atoms with Crippen molar-refractivity contribution in [3.8, 4) is 0 Å². The van der Waals surface area contributed by atoms with Gasteiger partial charge in [-0.15, -0.1) is 11.6 Å². The van der Waals surface area contributed by atoms with Crippen LogP contribution in [0.1, 0.15) is 40.0 Å². The van der Waals surface area contributed by atoms with Crippen LogP contribution in [-0.2, 0) is 9.47 Å². The average molecular weight is 413 g/mol. The summed E-state index contributed by atoms with van der Waals surface area (Å²) in [6, 6.07) is -0.952. The van der Waals surface area contributed by atoms with Gasteiger partial charge in [0.1, 0.15) is 24.4 Å². The lowest BCUT2D eigenvalue weighted by Gasteiger charge is -2.45. The van der Waals surface area contributed by atoms with Gasteiger partial charge in [0.15, 0.2) is 12.5 Å². The van der Waals surface area contributed by atoms with Crippen LogP contribution in [0.4, 0.5) is 4.79 Å². The molecule has 2 unspecified atom stereocenters. The van der Waals surface area contributed by atoms with Crippen LogP contribution in [0.2, 0.25) is 0 Å². The van der Waals surface area contributed by atoms with E-state index in [9.17, 15) is 25.2 Å². The molecule has 10 heteroatoms. The zero-order valence-corrected chi connectivity index (χ0v) is 16.9. The second-order valence-electron chi connectivity index (χ2n) is 6.66. The van der Waals surface area contributed by atoms with Crippen molar-refractivity contribution in [1.29, 1.82) is 0 Å². The first-order valence-corrected chi connectivity index (χ1v) is 9.94. The Labute approximate surface area is 165 Å². The summed E-state index contributed by atoms with van der Waals surface area (Å²) in [5.74, 6) is 0.205. The second-order valence-corrected chi connectivity index (χ2v) is 7.04. The maximum atomic E-state index is 12.4. The molecule has 0 spiro atoms. The Bertz CT molecular complexity index is 446. The minimum atomic E-state index is -1.60. The molecular formula is C17H33ClN2O7. The number of alkyl halides is 1. The minimum Gasteiger partial charge on any atom is -0.387 e. The van der Waals surface area contributed by atoms with E-state index in [4.69, 9.17) is 21.1 Å². The van der Waals surface area contributed by atoms with Crippen molar-refractivity contribution < 1.29 is 34.7 Å². The molecule has 0 aromatic rings. The fourth-order valence-electron chi connectivity index (χ4n) is 2.78. The van der Waals surface area contributed by atoms with Crippen molar-refractivity contribution in [2.75, 3.05) is 19.0 Å². The summed E-state index contributed by atoms with van der Waals surface area (Å²) in [6.45, 7) is 6.04. The van der Waals surface area contributed by atoms with Gasteiger partial charge in [0.25, 0.3) is 0 Å². The number of nitrogens with zero attached hydrogens (tertiary/aromatic N) is 1. The Morgan fingerprint density at radius 3 is 2.48 bits per heavy atom. The van der Waals surface area contributed by atoms with Gasteiger partial charge in [-0.3, -0.25) is 4.90 Å². The number of amides is 2. The van der Waals surface area contributed by atoms with Crippen molar-refractivity contribution in [3.63, 3.8) is 0 Å². The molecule has 1 heterocycles. The minimum absolute atomic E-state index is 0.205. The molecule has 0 saturated carbocycles. The van der Waals surface area contributed by atoms with E-state index >= 15 is 0 Å². The molecule has 1 saturated heterocycles. The highest BCUT2D eigenvalue weighted by Gasteiger charge is 2.49. The van der Waals surface area contributed by atoms with Gasteiger partial charge in [-0.25, -0.2) is 4.79 Å². The third-order valence-electron chi connectivity index (χ3n) is 4.64. The summed E-state index contributed by atoms with van der Waals surface area (Å²) in [5.41, 5.74) is 0. The molecule has 1 fully saturated rings. The molecule has 0 radical (unpaired) electrons. The van der Waals surface area contributed by atoms with Gasteiger partial charge in [-0.05, 0) is 19.8 Å². The number of carbonyl (C=O) groups is 1. The molecule has 1 aliphatic heterocycles. The molecule has 1 aliphatic rings. The van der Waals surface area contributed by atoms with Gasteiger partial charge in [-0.1, -0.05) is 20.3 Å². The molecule has 5 N–H and O–H groups in total. The summed E-state index contributed by atoms with van der Waals surface area (Å²) >= 11 is 5.59. The Balaban J connectivity index is 2.96. The predicted octanol–water partition coefficient (Wildman–Crippen LogP) is -0.0220. The Hall–Kier alpha value is -0.680. The lowest BCUT2D eigenvalue weighted by atomic mass is 9.96. The van der Waals surface area contributed by atoms with Gasteiger partial charge in [0.2, 0.25) is 0 Å². The van der Waals surface area contributed by atoms with Crippen LogP contribution in [0.5, 0.6) is 0 Å². The highest BCUT2D eigenvalue weighted by atomic mass is 35.5. The molecule has 7 atom stereocenters. The Morgan fingerprint density at radius 1 is 1.26 bits per heavy atom. The third-order valence-corrected chi connectivity index (χ3v) is 4.83. The molecule has 0 aromatic carbocycles. The number of unbranched alkanes of at least 4 members (excludes halogenated alkanes) is 1. The van der Waals surface area contributed by atoms with Gasteiger partial charge >= 0.3 is 6.03 Å². The average Bonchev–Trinajstić information content (AvgIpc) is 2.66. The number of urea groups is 1. The van der Waals surface area contributed by atoms with E-state index in [1.807, 2.05) is 13.8 Å². The van der Waals surface area contributed by atoms with Crippen molar-refractivity contribution in [2.45, 2.75) is 83.0 Å². The summed E-state index contributed by atoms with van der Waals surface area (Å²) in [5, 5.41) is 43.9. The molecule has 1 rings (SSSR count). The molecule has 0 aromatic heterocycles. The van der Waals surface area contributed by atoms with E-state index in [1.54, 1.807) is 6.92 Å². The first-order valence-electron chi connectivity index (χ1n) is 9.41. The van der Waals surface area contributed by atoms with Crippen LogP contribution in [-0.4, -0.2) is 93.4 Å². The highest BCUT2D eigenvalue weighted by Crippen LogP contribution is 2.27. The van der Waals surface area contributed by atoms with E-state index in [1.165, 1.54) is 0 Å². The largest absolute Gasteiger partial charge is 0.387 e. The van der Waals surface area contributed by atoms with Crippen LogP contribution in [0.15, 0.2) is 0 Å². The lowest BCUT2D eigenvalue weighted by Crippen LogP contribution is -2.66. The van der Waals surface area contributed by atoms with Gasteiger partial charge in [0.05, 0.1) is 0 Å². The normalized spacial score (nSPS) is 30.6. The molecule has 0 bridgehead atoms. The molecule has 2 amide bonds. The zero-order valence-electron chi connectivity index (χ0n) is 16.1. The smallest absolute Gasteiger partial charge is 0.319 e. The van der Waals surface area contributed by atoms with Gasteiger partial charge in [0, 0.05) is 25.1 Å². The maximum Gasteiger partial charge on any atom is 0.319 e. The lowest BCUT2D eigenvalue weighted by molar-refractivity contribution is -0.319. The van der Waals surface area contributed by atoms with Crippen LogP contribution in [0.25, 0.3) is 0 Å². The van der Waals surface area contributed by atoms with Gasteiger partial charge < -0.3 is 35.2 Å². The van der Waals surface area contributed by atoms with Crippen LogP contribution < -0.4 is 5.32 Å². The van der Waals surface area contributed by atoms with Crippen LogP contribution >= 0.6 is 11.6 Å². The molecule has 0 aliphatic carbocycles. The van der Waals surface area contributed by atoms with E-state index in [0.29, 0.717) is 6.42 Å². The number of carbonyl (C=O) groups excluding carboxylic acids is 1. The molecule has 27 heavy (non-hydrogen) atoms. The number of hydrogen-bond donors (Lipinski definition) is 5.